The van der Waals surface area contributed by atoms with Crippen LogP contribution >= 0.6 is 11.6 Å². The van der Waals surface area contributed by atoms with Crippen molar-refractivity contribution in [2.24, 2.45) is 5.92 Å². The molecule has 6 nitrogen and oxygen atoms in total. The fraction of sp³-hybridized carbons (Fsp3) is 0.409. The predicted octanol–water partition coefficient (Wildman–Crippen LogP) is 5.75. The van der Waals surface area contributed by atoms with Gasteiger partial charge in [-0.2, -0.15) is 13.2 Å². The van der Waals surface area contributed by atoms with Crippen LogP contribution in [0.2, 0.25) is 5.02 Å². The highest BCUT2D eigenvalue weighted by Crippen LogP contribution is 2.41. The van der Waals surface area contributed by atoms with Gasteiger partial charge in [-0.1, -0.05) is 11.6 Å². The number of hydrogen-bond donors (Lipinski definition) is 2. The quantitative estimate of drug-likeness (QED) is 0.447. The van der Waals surface area contributed by atoms with Gasteiger partial charge in [0.25, 0.3) is 0 Å². The number of halogens is 4. The average molecular weight is 505 g/mol. The SMILES string of the molecule is CCOC(=O)c1ccc(Nc2ccc(S(=O)(=O)NC(C)(C)C3CC3)c(C(F)(F)F)c2)c(Cl)c1. The fourth-order valence-corrected chi connectivity index (χ4v) is 5.38. The first-order valence-corrected chi connectivity index (χ1v) is 12.1. The summed E-state index contributed by atoms with van der Waals surface area (Å²) in [5.74, 6) is -0.497. The molecule has 2 N–H and O–H groups in total. The van der Waals surface area contributed by atoms with Crippen LogP contribution in [-0.2, 0) is 20.9 Å². The lowest BCUT2D eigenvalue weighted by molar-refractivity contribution is -0.139. The Balaban J connectivity index is 1.92. The maximum absolute atomic E-state index is 13.8. The van der Waals surface area contributed by atoms with Gasteiger partial charge in [0.15, 0.2) is 0 Å². The van der Waals surface area contributed by atoms with Gasteiger partial charge >= 0.3 is 12.1 Å². The summed E-state index contributed by atoms with van der Waals surface area (Å²) in [6, 6.07) is 7.02. The van der Waals surface area contributed by atoms with Gasteiger partial charge in [-0.15, -0.1) is 0 Å². The Hall–Kier alpha value is -2.30. The van der Waals surface area contributed by atoms with Crippen molar-refractivity contribution in [2.75, 3.05) is 11.9 Å². The number of rotatable bonds is 8. The van der Waals surface area contributed by atoms with Crippen molar-refractivity contribution in [3.05, 3.63) is 52.5 Å². The Morgan fingerprint density at radius 1 is 1.15 bits per heavy atom. The van der Waals surface area contributed by atoms with Crippen LogP contribution in [0, 0.1) is 5.92 Å². The van der Waals surface area contributed by atoms with Crippen LogP contribution in [0.5, 0.6) is 0 Å². The summed E-state index contributed by atoms with van der Waals surface area (Å²) in [6.45, 7) is 5.15. The third-order valence-electron chi connectivity index (χ3n) is 5.33. The molecule has 180 valence electrons. The van der Waals surface area contributed by atoms with Crippen LogP contribution < -0.4 is 10.0 Å². The van der Waals surface area contributed by atoms with Crippen LogP contribution in [0.15, 0.2) is 41.3 Å². The molecule has 1 saturated carbocycles. The molecule has 1 aliphatic rings. The van der Waals surface area contributed by atoms with Crippen molar-refractivity contribution in [3.63, 3.8) is 0 Å². The number of hydrogen-bond acceptors (Lipinski definition) is 5. The summed E-state index contributed by atoms with van der Waals surface area (Å²) >= 11 is 6.17. The zero-order valence-electron chi connectivity index (χ0n) is 18.2. The Labute approximate surface area is 195 Å². The van der Waals surface area contributed by atoms with Crippen molar-refractivity contribution < 1.29 is 31.1 Å². The monoisotopic (exact) mass is 504 g/mol. The Morgan fingerprint density at radius 2 is 1.82 bits per heavy atom. The van der Waals surface area contributed by atoms with E-state index in [2.05, 4.69) is 10.0 Å². The van der Waals surface area contributed by atoms with Crippen molar-refractivity contribution in [1.82, 2.24) is 4.72 Å². The zero-order valence-corrected chi connectivity index (χ0v) is 19.8. The van der Waals surface area contributed by atoms with Crippen LogP contribution in [-0.4, -0.2) is 26.5 Å². The predicted molar refractivity (Wildman–Crippen MR) is 119 cm³/mol. The van der Waals surface area contributed by atoms with Gasteiger partial charge in [0, 0.05) is 11.2 Å². The Morgan fingerprint density at radius 3 is 2.36 bits per heavy atom. The third-order valence-corrected chi connectivity index (χ3v) is 7.37. The molecule has 33 heavy (non-hydrogen) atoms. The molecule has 1 aliphatic carbocycles. The number of carbonyl (C=O) groups excluding carboxylic acids is 1. The molecule has 0 heterocycles. The maximum atomic E-state index is 13.8. The molecule has 0 saturated heterocycles. The molecule has 0 spiro atoms. The Kier molecular flexibility index (Phi) is 7.02. The van der Waals surface area contributed by atoms with E-state index in [9.17, 15) is 26.4 Å². The summed E-state index contributed by atoms with van der Waals surface area (Å²) in [6.07, 6.45) is -3.27. The standard InChI is InChI=1S/C22H24ClF3N2O4S/c1-4-32-20(29)13-5-9-18(17(23)11-13)27-15-8-10-19(16(12-15)22(24,25)26)33(30,31)28-21(2,3)14-6-7-14/h5,8-12,14,27-28H,4,6-7H2,1-3H3. The summed E-state index contributed by atoms with van der Waals surface area (Å²) < 4.78 is 74.4. The summed E-state index contributed by atoms with van der Waals surface area (Å²) in [4.78, 5) is 11.0. The van der Waals surface area contributed by atoms with Gasteiger partial charge in [-0.25, -0.2) is 17.9 Å². The van der Waals surface area contributed by atoms with Crippen LogP contribution in [0.4, 0.5) is 24.5 Å². The topological polar surface area (TPSA) is 84.5 Å². The van der Waals surface area contributed by atoms with Crippen molar-refractivity contribution in [2.45, 2.75) is 50.2 Å². The first kappa shape index (κ1) is 25.3. The normalized spacial score (nSPS) is 14.8. The zero-order chi connectivity index (χ0) is 24.6. The molecule has 0 unspecified atom stereocenters. The number of carbonyl (C=O) groups is 1. The van der Waals surface area contributed by atoms with Crippen molar-refractivity contribution >= 4 is 39.0 Å². The molecule has 0 aromatic heterocycles. The molecule has 11 heteroatoms. The smallest absolute Gasteiger partial charge is 0.417 e. The number of nitrogens with one attached hydrogen (secondary N) is 2. The minimum absolute atomic E-state index is 0.0199. The molecule has 1 fully saturated rings. The lowest BCUT2D eigenvalue weighted by Gasteiger charge is -2.27. The van der Waals surface area contributed by atoms with E-state index in [-0.39, 0.29) is 34.5 Å². The number of ether oxygens (including phenoxy) is 1. The first-order valence-electron chi connectivity index (χ1n) is 10.2. The van der Waals surface area contributed by atoms with Gasteiger partial charge in [-0.3, -0.25) is 0 Å². The van der Waals surface area contributed by atoms with Crippen LogP contribution in [0.3, 0.4) is 0 Å². The molecule has 2 aromatic carbocycles. The highest BCUT2D eigenvalue weighted by Gasteiger charge is 2.43. The van der Waals surface area contributed by atoms with E-state index in [0.717, 1.165) is 18.9 Å². The maximum Gasteiger partial charge on any atom is 0.417 e. The Bertz CT molecular complexity index is 1160. The van der Waals surface area contributed by atoms with E-state index < -0.39 is 38.2 Å². The summed E-state index contributed by atoms with van der Waals surface area (Å²) in [5.41, 5.74) is -1.75. The van der Waals surface area contributed by atoms with Crippen molar-refractivity contribution in [1.29, 1.82) is 0 Å². The van der Waals surface area contributed by atoms with Gasteiger partial charge in [-0.05, 0) is 75.9 Å². The first-order chi connectivity index (χ1) is 15.2. The molecular weight excluding hydrogens is 481 g/mol. The highest BCUT2D eigenvalue weighted by molar-refractivity contribution is 7.89. The summed E-state index contributed by atoms with van der Waals surface area (Å²) in [7, 11) is -4.43. The van der Waals surface area contributed by atoms with Gasteiger partial charge < -0.3 is 10.1 Å². The lowest BCUT2D eigenvalue weighted by atomic mass is 10.0. The third kappa shape index (κ3) is 5.99. The second-order valence-electron chi connectivity index (χ2n) is 8.35. The van der Waals surface area contributed by atoms with Gasteiger partial charge in [0.1, 0.15) is 0 Å². The van der Waals surface area contributed by atoms with Crippen LogP contribution in [0.25, 0.3) is 0 Å². The van der Waals surface area contributed by atoms with E-state index >= 15 is 0 Å². The van der Waals surface area contributed by atoms with E-state index in [1.54, 1.807) is 20.8 Å². The number of alkyl halides is 3. The molecule has 0 aliphatic heterocycles. The van der Waals surface area contributed by atoms with E-state index in [0.29, 0.717) is 6.07 Å². The fourth-order valence-electron chi connectivity index (χ4n) is 3.47. The number of sulfonamides is 1. The minimum Gasteiger partial charge on any atom is -0.462 e. The minimum atomic E-state index is -4.91. The molecule has 2 aromatic rings. The second-order valence-corrected chi connectivity index (χ2v) is 10.4. The summed E-state index contributed by atoms with van der Waals surface area (Å²) in [5, 5.41) is 2.82. The van der Waals surface area contributed by atoms with E-state index in [4.69, 9.17) is 16.3 Å². The lowest BCUT2D eigenvalue weighted by Crippen LogP contribution is -2.45. The molecule has 0 bridgehead atoms. The molecule has 3 rings (SSSR count). The van der Waals surface area contributed by atoms with E-state index in [1.807, 2.05) is 0 Å². The average Bonchev–Trinajstić information content (AvgIpc) is 3.54. The second kappa shape index (κ2) is 9.15. The number of anilines is 2. The van der Waals surface area contributed by atoms with Gasteiger partial charge in [0.05, 0.1) is 33.3 Å². The van der Waals surface area contributed by atoms with E-state index in [1.165, 1.54) is 24.3 Å². The highest BCUT2D eigenvalue weighted by atomic mass is 35.5. The molecule has 0 amide bonds. The number of esters is 1. The molecular formula is C22H24ClF3N2O4S. The van der Waals surface area contributed by atoms with Crippen LogP contribution in [0.1, 0.15) is 49.5 Å². The molecule has 0 radical (unpaired) electrons. The number of benzene rings is 2. The van der Waals surface area contributed by atoms with Crippen molar-refractivity contribution in [3.8, 4) is 0 Å². The largest absolute Gasteiger partial charge is 0.462 e. The molecule has 0 atom stereocenters. The van der Waals surface area contributed by atoms with Gasteiger partial charge in [0.2, 0.25) is 10.0 Å².